The summed E-state index contributed by atoms with van der Waals surface area (Å²) in [6, 6.07) is 3.79. The van der Waals surface area contributed by atoms with Gasteiger partial charge in [0.05, 0.1) is 15.5 Å². The molecule has 0 aliphatic heterocycles. The molecule has 1 aromatic carbocycles. The molecule has 118 valence electrons. The van der Waals surface area contributed by atoms with E-state index >= 15 is 0 Å². The van der Waals surface area contributed by atoms with Crippen molar-refractivity contribution in [1.29, 1.82) is 0 Å². The predicted octanol–water partition coefficient (Wildman–Crippen LogP) is 1.80. The molecule has 0 aliphatic carbocycles. The smallest absolute Gasteiger partial charge is 0.270 e. The number of non-ortho nitro benzene ring substituents is 1. The van der Waals surface area contributed by atoms with E-state index in [1.807, 2.05) is 20.8 Å². The number of benzene rings is 1. The summed E-state index contributed by atoms with van der Waals surface area (Å²) in [4.78, 5) is 10.1. The molecule has 0 unspecified atom stereocenters. The summed E-state index contributed by atoms with van der Waals surface area (Å²) >= 11 is 0. The Bertz CT molecular complexity index is 621. The highest BCUT2D eigenvalue weighted by Gasteiger charge is 2.18. The van der Waals surface area contributed by atoms with Gasteiger partial charge < -0.3 is 10.6 Å². The van der Waals surface area contributed by atoms with Crippen molar-refractivity contribution >= 4 is 21.2 Å². The van der Waals surface area contributed by atoms with Crippen LogP contribution < -0.4 is 10.6 Å². The first-order valence-corrected chi connectivity index (χ1v) is 8.37. The molecule has 0 amide bonds. The Morgan fingerprint density at radius 1 is 1.24 bits per heavy atom. The third-order valence-electron chi connectivity index (χ3n) is 2.67. The molecule has 0 atom stereocenters. The third kappa shape index (κ3) is 5.68. The molecule has 0 radical (unpaired) electrons. The maximum Gasteiger partial charge on any atom is 0.270 e. The molecule has 2 N–H and O–H groups in total. The lowest BCUT2D eigenvalue weighted by Crippen LogP contribution is -2.38. The van der Waals surface area contributed by atoms with Crippen molar-refractivity contribution < 1.29 is 13.3 Å². The minimum absolute atomic E-state index is 0.0309. The SMILES string of the molecule is CC(C)(C)NCCNc1ccc([N+](=O)[O-])cc1S(C)(=O)=O. The van der Waals surface area contributed by atoms with Crippen molar-refractivity contribution in [2.24, 2.45) is 0 Å². The van der Waals surface area contributed by atoms with Gasteiger partial charge in [-0.1, -0.05) is 0 Å². The molecule has 0 saturated heterocycles. The molecular weight excluding hydrogens is 294 g/mol. The van der Waals surface area contributed by atoms with Gasteiger partial charge in [0.15, 0.2) is 9.84 Å². The van der Waals surface area contributed by atoms with Crippen molar-refractivity contribution in [3.8, 4) is 0 Å². The zero-order valence-electron chi connectivity index (χ0n) is 12.6. The van der Waals surface area contributed by atoms with Crippen LogP contribution in [0.2, 0.25) is 0 Å². The van der Waals surface area contributed by atoms with Crippen LogP contribution in [0.25, 0.3) is 0 Å². The zero-order chi connectivity index (χ0) is 16.3. The molecule has 0 spiro atoms. The highest BCUT2D eigenvalue weighted by atomic mass is 32.2. The van der Waals surface area contributed by atoms with Crippen LogP contribution >= 0.6 is 0 Å². The number of rotatable bonds is 6. The minimum Gasteiger partial charge on any atom is -0.383 e. The standard InChI is InChI=1S/C13H21N3O4S/c1-13(2,3)15-8-7-14-11-6-5-10(16(17)18)9-12(11)21(4,19)20/h5-6,9,14-15H,7-8H2,1-4H3. The zero-order valence-corrected chi connectivity index (χ0v) is 13.5. The summed E-state index contributed by atoms with van der Waals surface area (Å²) in [5, 5.41) is 17.0. The monoisotopic (exact) mass is 315 g/mol. The van der Waals surface area contributed by atoms with E-state index in [-0.39, 0.29) is 16.1 Å². The van der Waals surface area contributed by atoms with Gasteiger partial charge in [-0.2, -0.15) is 0 Å². The largest absolute Gasteiger partial charge is 0.383 e. The second kappa shape index (κ2) is 6.40. The van der Waals surface area contributed by atoms with Crippen LogP contribution in [-0.2, 0) is 9.84 Å². The van der Waals surface area contributed by atoms with E-state index in [1.165, 1.54) is 12.1 Å². The van der Waals surface area contributed by atoms with Crippen molar-refractivity contribution in [3.63, 3.8) is 0 Å². The van der Waals surface area contributed by atoms with Gasteiger partial charge in [-0.05, 0) is 26.8 Å². The molecule has 1 rings (SSSR count). The van der Waals surface area contributed by atoms with Gasteiger partial charge >= 0.3 is 0 Å². The molecule has 0 bridgehead atoms. The van der Waals surface area contributed by atoms with E-state index in [4.69, 9.17) is 0 Å². The van der Waals surface area contributed by atoms with Gasteiger partial charge in [0.25, 0.3) is 5.69 Å². The number of nitrogens with zero attached hydrogens (tertiary/aromatic N) is 1. The van der Waals surface area contributed by atoms with Crippen LogP contribution in [0.3, 0.4) is 0 Å². The number of nitrogens with one attached hydrogen (secondary N) is 2. The number of nitro groups is 1. The third-order valence-corrected chi connectivity index (χ3v) is 3.81. The molecular formula is C13H21N3O4S. The summed E-state index contributed by atoms with van der Waals surface area (Å²) in [7, 11) is -3.54. The van der Waals surface area contributed by atoms with E-state index in [2.05, 4.69) is 10.6 Å². The van der Waals surface area contributed by atoms with Gasteiger partial charge in [0, 0.05) is 37.0 Å². The lowest BCUT2D eigenvalue weighted by atomic mass is 10.1. The second-order valence-electron chi connectivity index (χ2n) is 5.81. The van der Waals surface area contributed by atoms with Crippen LogP contribution in [0.1, 0.15) is 20.8 Å². The average Bonchev–Trinajstić information content (AvgIpc) is 2.32. The summed E-state index contributed by atoms with van der Waals surface area (Å²) in [5.74, 6) is 0. The fraction of sp³-hybridized carbons (Fsp3) is 0.538. The van der Waals surface area contributed by atoms with E-state index in [1.54, 1.807) is 0 Å². The Labute approximate surface area is 124 Å². The van der Waals surface area contributed by atoms with E-state index in [0.29, 0.717) is 18.8 Å². The van der Waals surface area contributed by atoms with Gasteiger partial charge in [-0.15, -0.1) is 0 Å². The van der Waals surface area contributed by atoms with Gasteiger partial charge in [0.1, 0.15) is 0 Å². The maximum atomic E-state index is 11.7. The molecule has 1 aromatic rings. The normalized spacial score (nSPS) is 12.2. The van der Waals surface area contributed by atoms with Crippen molar-refractivity contribution in [2.75, 3.05) is 24.7 Å². The highest BCUT2D eigenvalue weighted by Crippen LogP contribution is 2.26. The number of anilines is 1. The predicted molar refractivity (Wildman–Crippen MR) is 82.5 cm³/mol. The first-order chi connectivity index (χ1) is 9.50. The summed E-state index contributed by atoms with van der Waals surface area (Å²) < 4.78 is 23.5. The topological polar surface area (TPSA) is 101 Å². The Morgan fingerprint density at radius 3 is 2.33 bits per heavy atom. The fourth-order valence-electron chi connectivity index (χ4n) is 1.71. The number of nitro benzene ring substituents is 1. The Kier molecular flexibility index (Phi) is 5.30. The fourth-order valence-corrected chi connectivity index (χ4v) is 2.59. The average molecular weight is 315 g/mol. The van der Waals surface area contributed by atoms with Gasteiger partial charge in [-0.3, -0.25) is 10.1 Å². The first-order valence-electron chi connectivity index (χ1n) is 6.48. The number of sulfone groups is 1. The molecule has 0 saturated carbocycles. The molecule has 8 heteroatoms. The lowest BCUT2D eigenvalue weighted by molar-refractivity contribution is -0.385. The Balaban J connectivity index is 2.89. The van der Waals surface area contributed by atoms with E-state index in [9.17, 15) is 18.5 Å². The molecule has 0 fully saturated rings. The summed E-state index contributed by atoms with van der Waals surface area (Å²) in [5.41, 5.74) is 0.101. The summed E-state index contributed by atoms with van der Waals surface area (Å²) in [6.45, 7) is 7.24. The molecule has 21 heavy (non-hydrogen) atoms. The molecule has 7 nitrogen and oxygen atoms in total. The maximum absolute atomic E-state index is 11.7. The van der Waals surface area contributed by atoms with Crippen molar-refractivity contribution in [3.05, 3.63) is 28.3 Å². The second-order valence-corrected chi connectivity index (χ2v) is 7.80. The van der Waals surface area contributed by atoms with Crippen LogP contribution in [0.5, 0.6) is 0 Å². The molecule has 0 aromatic heterocycles. The number of hydrogen-bond acceptors (Lipinski definition) is 6. The highest BCUT2D eigenvalue weighted by molar-refractivity contribution is 7.90. The van der Waals surface area contributed by atoms with Crippen LogP contribution in [0.15, 0.2) is 23.1 Å². The molecule has 0 aliphatic rings. The molecule has 0 heterocycles. The minimum atomic E-state index is -3.54. The lowest BCUT2D eigenvalue weighted by Gasteiger charge is -2.21. The van der Waals surface area contributed by atoms with E-state index in [0.717, 1.165) is 12.3 Å². The van der Waals surface area contributed by atoms with Gasteiger partial charge in [-0.25, -0.2) is 8.42 Å². The van der Waals surface area contributed by atoms with Gasteiger partial charge in [0.2, 0.25) is 0 Å². The van der Waals surface area contributed by atoms with Crippen LogP contribution in [0, 0.1) is 10.1 Å². The Morgan fingerprint density at radius 2 is 1.86 bits per heavy atom. The number of hydrogen-bond donors (Lipinski definition) is 2. The quantitative estimate of drug-likeness (QED) is 0.471. The van der Waals surface area contributed by atoms with Crippen LogP contribution in [-0.4, -0.2) is 38.2 Å². The first kappa shape index (κ1) is 17.4. The van der Waals surface area contributed by atoms with Crippen molar-refractivity contribution in [2.45, 2.75) is 31.2 Å². The van der Waals surface area contributed by atoms with E-state index < -0.39 is 14.8 Å². The summed E-state index contributed by atoms with van der Waals surface area (Å²) in [6.07, 6.45) is 1.03. The Hall–Kier alpha value is -1.67. The van der Waals surface area contributed by atoms with Crippen molar-refractivity contribution in [1.82, 2.24) is 5.32 Å². The van der Waals surface area contributed by atoms with Crippen LogP contribution in [0.4, 0.5) is 11.4 Å².